The Balaban J connectivity index is 2.81. The average molecular weight is 165 g/mol. The molecule has 2 aromatic heterocycles. The van der Waals surface area contributed by atoms with E-state index in [-0.39, 0.29) is 0 Å². The van der Waals surface area contributed by atoms with Crippen molar-refractivity contribution in [1.82, 2.24) is 24.8 Å². The topological polar surface area (TPSA) is 94.0 Å². The van der Waals surface area contributed by atoms with E-state index in [1.807, 2.05) is 0 Å². The molecule has 0 unspecified atom stereocenters. The zero-order chi connectivity index (χ0) is 8.55. The summed E-state index contributed by atoms with van der Waals surface area (Å²) >= 11 is 0. The van der Waals surface area contributed by atoms with E-state index in [1.54, 1.807) is 11.4 Å². The number of nitrogens with one attached hydrogen (secondary N) is 1. The van der Waals surface area contributed by atoms with Crippen molar-refractivity contribution in [1.29, 1.82) is 0 Å². The molecule has 12 heavy (non-hydrogen) atoms. The molecular formula is C5H7N7. The number of nitrogens with zero attached hydrogens (tertiary/aromatic N) is 5. The van der Waals surface area contributed by atoms with Crippen molar-refractivity contribution < 1.29 is 0 Å². The third kappa shape index (κ3) is 0.760. The normalized spacial score (nSPS) is 10.4. The van der Waals surface area contributed by atoms with Crippen molar-refractivity contribution in [3.63, 3.8) is 0 Å². The van der Waals surface area contributed by atoms with Crippen molar-refractivity contribution in [2.75, 3.05) is 18.1 Å². The molecule has 0 aliphatic heterocycles. The molecular weight excluding hydrogens is 158 g/mol. The fraction of sp³-hybridized carbons (Fsp3) is 0.200. The Labute approximate surface area is 67.6 Å². The molecule has 0 fully saturated rings. The Bertz CT molecular complexity index is 405. The summed E-state index contributed by atoms with van der Waals surface area (Å²) in [6.45, 7) is 0. The number of hydrogen-bond acceptors (Lipinski definition) is 6. The van der Waals surface area contributed by atoms with Crippen LogP contribution in [0.3, 0.4) is 0 Å². The zero-order valence-corrected chi connectivity index (χ0v) is 6.39. The molecule has 0 bridgehead atoms. The van der Waals surface area contributed by atoms with Gasteiger partial charge in [-0.3, -0.25) is 0 Å². The monoisotopic (exact) mass is 165 g/mol. The maximum absolute atomic E-state index is 5.57. The lowest BCUT2D eigenvalue weighted by molar-refractivity contribution is 0.819. The van der Waals surface area contributed by atoms with Crippen LogP contribution in [0.15, 0.2) is 6.33 Å². The summed E-state index contributed by atoms with van der Waals surface area (Å²) < 4.78 is 1.63. The first-order valence-corrected chi connectivity index (χ1v) is 3.32. The quantitative estimate of drug-likeness (QED) is 0.571. The molecule has 62 valence electrons. The van der Waals surface area contributed by atoms with Crippen molar-refractivity contribution in [2.24, 2.45) is 0 Å². The minimum absolute atomic E-state index is 0.389. The van der Waals surface area contributed by atoms with Gasteiger partial charge in [-0.05, 0) is 5.21 Å². The van der Waals surface area contributed by atoms with Crippen LogP contribution in [0, 0.1) is 0 Å². The van der Waals surface area contributed by atoms with E-state index >= 15 is 0 Å². The molecule has 0 atom stereocenters. The molecule has 0 radical (unpaired) electrons. The lowest BCUT2D eigenvalue weighted by Gasteiger charge is -1.97. The molecule has 0 aromatic carbocycles. The van der Waals surface area contributed by atoms with E-state index in [1.165, 1.54) is 6.33 Å². The van der Waals surface area contributed by atoms with Crippen molar-refractivity contribution >= 4 is 17.4 Å². The molecule has 0 aliphatic rings. The summed E-state index contributed by atoms with van der Waals surface area (Å²) in [5.74, 6) is 1.50. The van der Waals surface area contributed by atoms with Crippen molar-refractivity contribution in [3.8, 4) is 0 Å². The highest BCUT2D eigenvalue weighted by atomic mass is 15.4. The second-order valence-electron chi connectivity index (χ2n) is 2.19. The van der Waals surface area contributed by atoms with Gasteiger partial charge in [0.1, 0.15) is 6.33 Å². The molecule has 0 amide bonds. The van der Waals surface area contributed by atoms with Gasteiger partial charge in [-0.2, -0.15) is 4.98 Å². The number of anilines is 2. The molecule has 3 N–H and O–H groups in total. The van der Waals surface area contributed by atoms with Gasteiger partial charge in [0.25, 0.3) is 5.78 Å². The maximum atomic E-state index is 5.57. The van der Waals surface area contributed by atoms with Gasteiger partial charge in [-0.25, -0.2) is 4.40 Å². The van der Waals surface area contributed by atoms with E-state index in [9.17, 15) is 0 Å². The largest absolute Gasteiger partial charge is 0.381 e. The molecule has 7 heteroatoms. The van der Waals surface area contributed by atoms with Crippen LogP contribution in [0.4, 0.5) is 11.6 Å². The van der Waals surface area contributed by atoms with Gasteiger partial charge in [0.05, 0.1) is 0 Å². The molecule has 0 saturated heterocycles. The smallest absolute Gasteiger partial charge is 0.260 e. The number of fused-ring (bicyclic) bond motifs is 1. The second-order valence-corrected chi connectivity index (χ2v) is 2.19. The third-order valence-corrected chi connectivity index (χ3v) is 1.51. The lowest BCUT2D eigenvalue weighted by Crippen LogP contribution is -1.99. The van der Waals surface area contributed by atoms with Crippen molar-refractivity contribution in [2.45, 2.75) is 0 Å². The van der Waals surface area contributed by atoms with Gasteiger partial charge in [-0.1, -0.05) is 5.10 Å². The Morgan fingerprint density at radius 2 is 2.42 bits per heavy atom. The molecule has 7 nitrogen and oxygen atoms in total. The molecule has 0 aliphatic carbocycles. The first-order chi connectivity index (χ1) is 5.83. The number of aromatic nitrogens is 5. The summed E-state index contributed by atoms with van der Waals surface area (Å²) in [5.41, 5.74) is 5.57. The molecule has 2 rings (SSSR count). The van der Waals surface area contributed by atoms with Gasteiger partial charge in [0.2, 0.25) is 0 Å². The fourth-order valence-electron chi connectivity index (χ4n) is 1.01. The lowest BCUT2D eigenvalue weighted by atomic mass is 10.6. The zero-order valence-electron chi connectivity index (χ0n) is 6.39. The van der Waals surface area contributed by atoms with E-state index < -0.39 is 0 Å². The Morgan fingerprint density at radius 3 is 3.17 bits per heavy atom. The maximum Gasteiger partial charge on any atom is 0.260 e. The average Bonchev–Trinajstić information content (AvgIpc) is 2.40. The predicted molar refractivity (Wildman–Crippen MR) is 42.5 cm³/mol. The van der Waals surface area contributed by atoms with Crippen LogP contribution >= 0.6 is 0 Å². The van der Waals surface area contributed by atoms with Crippen LogP contribution in [0.5, 0.6) is 0 Å². The molecule has 2 aromatic rings. The summed E-state index contributed by atoms with van der Waals surface area (Å²) in [4.78, 5) is 3.95. The van der Waals surface area contributed by atoms with Gasteiger partial charge in [0, 0.05) is 7.05 Å². The van der Waals surface area contributed by atoms with E-state index in [0.29, 0.717) is 17.4 Å². The van der Waals surface area contributed by atoms with Gasteiger partial charge >= 0.3 is 0 Å². The standard InChI is InChI=1S/C5H7N7/c1-7-4-3(6)9-5-10-11-8-2-12(4)5/h2,7H,6H2,1H3. The number of nitrogen functional groups attached to an aromatic ring is 1. The number of nitrogens with two attached hydrogens (primary N) is 1. The van der Waals surface area contributed by atoms with Gasteiger partial charge in [0.15, 0.2) is 11.6 Å². The summed E-state index contributed by atoms with van der Waals surface area (Å²) in [5, 5.41) is 13.6. The fourth-order valence-corrected chi connectivity index (χ4v) is 1.01. The highest BCUT2D eigenvalue weighted by Crippen LogP contribution is 2.16. The van der Waals surface area contributed by atoms with Crippen LogP contribution in [0.2, 0.25) is 0 Å². The molecule has 2 heterocycles. The first kappa shape index (κ1) is 6.77. The summed E-state index contributed by atoms with van der Waals surface area (Å²) in [7, 11) is 1.75. The Hall–Kier alpha value is -1.92. The van der Waals surface area contributed by atoms with Crippen LogP contribution in [-0.4, -0.2) is 31.8 Å². The number of hydrogen-bond donors (Lipinski definition) is 2. The number of rotatable bonds is 1. The highest BCUT2D eigenvalue weighted by Gasteiger charge is 2.07. The SMILES string of the molecule is CNc1c(N)nc2nnncn12. The highest BCUT2D eigenvalue weighted by molar-refractivity contribution is 5.62. The van der Waals surface area contributed by atoms with Crippen LogP contribution in [0.1, 0.15) is 0 Å². The van der Waals surface area contributed by atoms with Crippen LogP contribution < -0.4 is 11.1 Å². The first-order valence-electron chi connectivity index (χ1n) is 3.32. The third-order valence-electron chi connectivity index (χ3n) is 1.51. The van der Waals surface area contributed by atoms with E-state index in [0.717, 1.165) is 0 Å². The predicted octanol–water partition coefficient (Wildman–Crippen LogP) is -0.857. The van der Waals surface area contributed by atoms with Gasteiger partial charge in [-0.15, -0.1) is 5.10 Å². The Morgan fingerprint density at radius 1 is 1.58 bits per heavy atom. The Kier molecular flexibility index (Phi) is 1.29. The minimum atomic E-state index is 0.389. The summed E-state index contributed by atoms with van der Waals surface area (Å²) in [6.07, 6.45) is 1.50. The van der Waals surface area contributed by atoms with E-state index in [2.05, 4.69) is 25.7 Å². The second kappa shape index (κ2) is 2.29. The number of imidazole rings is 1. The molecule has 0 saturated carbocycles. The minimum Gasteiger partial charge on any atom is -0.381 e. The van der Waals surface area contributed by atoms with Gasteiger partial charge < -0.3 is 11.1 Å². The van der Waals surface area contributed by atoms with E-state index in [4.69, 9.17) is 5.73 Å². The van der Waals surface area contributed by atoms with Crippen LogP contribution in [0.25, 0.3) is 5.78 Å². The summed E-state index contributed by atoms with van der Waals surface area (Å²) in [6, 6.07) is 0. The van der Waals surface area contributed by atoms with Crippen LogP contribution in [-0.2, 0) is 0 Å². The molecule has 0 spiro atoms. The van der Waals surface area contributed by atoms with Crippen molar-refractivity contribution in [3.05, 3.63) is 6.33 Å².